The Morgan fingerprint density at radius 3 is 2.32 bits per heavy atom. The van der Waals surface area contributed by atoms with E-state index in [1.807, 2.05) is 30.3 Å². The predicted molar refractivity (Wildman–Crippen MR) is 110 cm³/mol. The van der Waals surface area contributed by atoms with Crippen LogP contribution in [0.2, 0.25) is 0 Å². The van der Waals surface area contributed by atoms with Gasteiger partial charge in [0.1, 0.15) is 29.4 Å². The van der Waals surface area contributed by atoms with Gasteiger partial charge >= 0.3 is 0 Å². The summed E-state index contributed by atoms with van der Waals surface area (Å²) in [4.78, 5) is 11.2. The monoisotopic (exact) mass is 377 g/mol. The minimum Gasteiger partial charge on any atom is -0.496 e. The highest BCUT2D eigenvalue weighted by Gasteiger charge is 2.22. The number of aromatic nitrogens is 2. The third-order valence-electron chi connectivity index (χ3n) is 5.07. The molecule has 0 saturated heterocycles. The smallest absolute Gasteiger partial charge is 0.140 e. The molecule has 2 aromatic carbocycles. The van der Waals surface area contributed by atoms with Crippen LogP contribution in [-0.4, -0.2) is 44.4 Å². The second-order valence-corrected chi connectivity index (χ2v) is 6.55. The lowest BCUT2D eigenvalue weighted by molar-refractivity contribution is 0.373. The summed E-state index contributed by atoms with van der Waals surface area (Å²) in [6, 6.07) is 11.9. The molecular formula is C22H23N3O3. The van der Waals surface area contributed by atoms with Gasteiger partial charge in [-0.05, 0) is 24.1 Å². The van der Waals surface area contributed by atoms with E-state index in [4.69, 9.17) is 14.2 Å². The molecule has 0 spiro atoms. The van der Waals surface area contributed by atoms with Crippen molar-refractivity contribution >= 4 is 22.3 Å². The summed E-state index contributed by atoms with van der Waals surface area (Å²) >= 11 is 0. The molecule has 0 aliphatic carbocycles. The zero-order chi connectivity index (χ0) is 19.5. The molecule has 0 N–H and O–H groups in total. The molecule has 6 nitrogen and oxygen atoms in total. The molecule has 0 saturated carbocycles. The van der Waals surface area contributed by atoms with Crippen molar-refractivity contribution in [3.8, 4) is 17.2 Å². The normalized spacial score (nSPS) is 14.0. The van der Waals surface area contributed by atoms with Crippen molar-refractivity contribution in [1.82, 2.24) is 9.97 Å². The predicted octanol–water partition coefficient (Wildman–Crippen LogP) is 3.95. The molecule has 2 heterocycles. The summed E-state index contributed by atoms with van der Waals surface area (Å²) in [5, 5.41) is 1.07. The Morgan fingerprint density at radius 1 is 0.929 bits per heavy atom. The number of ether oxygens (including phenoxy) is 3. The van der Waals surface area contributed by atoms with Crippen molar-refractivity contribution in [3.05, 3.63) is 54.4 Å². The van der Waals surface area contributed by atoms with E-state index in [1.54, 1.807) is 27.7 Å². The highest BCUT2D eigenvalue weighted by atomic mass is 16.5. The van der Waals surface area contributed by atoms with E-state index in [9.17, 15) is 0 Å². The molecule has 0 atom stereocenters. The van der Waals surface area contributed by atoms with Crippen molar-refractivity contribution in [2.45, 2.75) is 6.42 Å². The van der Waals surface area contributed by atoms with Gasteiger partial charge in [0.05, 0.1) is 32.4 Å². The number of para-hydroxylation sites is 1. The second-order valence-electron chi connectivity index (χ2n) is 6.55. The molecule has 0 bridgehead atoms. The number of hydrogen-bond acceptors (Lipinski definition) is 6. The van der Waals surface area contributed by atoms with Gasteiger partial charge in [-0.1, -0.05) is 18.2 Å². The number of fused-ring (bicyclic) bond motifs is 1. The second kappa shape index (κ2) is 7.76. The van der Waals surface area contributed by atoms with Crippen LogP contribution in [0.1, 0.15) is 12.0 Å². The maximum absolute atomic E-state index is 5.62. The van der Waals surface area contributed by atoms with Crippen LogP contribution >= 0.6 is 0 Å². The molecule has 0 radical (unpaired) electrons. The first-order chi connectivity index (χ1) is 13.7. The molecule has 1 aliphatic rings. The van der Waals surface area contributed by atoms with Crippen molar-refractivity contribution in [3.63, 3.8) is 0 Å². The van der Waals surface area contributed by atoms with Gasteiger partial charge in [0.15, 0.2) is 0 Å². The molecule has 28 heavy (non-hydrogen) atoms. The van der Waals surface area contributed by atoms with Gasteiger partial charge in [-0.25, -0.2) is 9.97 Å². The fourth-order valence-electron chi connectivity index (χ4n) is 3.65. The Morgan fingerprint density at radius 2 is 1.68 bits per heavy atom. The number of rotatable bonds is 5. The Hall–Kier alpha value is -3.28. The first-order valence-corrected chi connectivity index (χ1v) is 9.19. The van der Waals surface area contributed by atoms with Crippen molar-refractivity contribution in [1.29, 1.82) is 0 Å². The van der Waals surface area contributed by atoms with Gasteiger partial charge < -0.3 is 19.1 Å². The molecule has 3 aromatic rings. The molecule has 1 aromatic heterocycles. The minimum atomic E-state index is 0.711. The molecule has 4 rings (SSSR count). The Labute approximate surface area is 164 Å². The molecule has 1 aliphatic heterocycles. The summed E-state index contributed by atoms with van der Waals surface area (Å²) in [7, 11) is 4.97. The maximum atomic E-state index is 5.62. The SMILES string of the molecule is COc1cc(OC)c(C2=CCN(c3ncnc4ccccc34)CC2)c(OC)c1. The number of nitrogens with zero attached hydrogens (tertiary/aromatic N) is 3. The Kier molecular flexibility index (Phi) is 5.02. The van der Waals surface area contributed by atoms with E-state index in [0.717, 1.165) is 53.3 Å². The fourth-order valence-corrected chi connectivity index (χ4v) is 3.65. The average Bonchev–Trinajstić information content (AvgIpc) is 2.77. The van der Waals surface area contributed by atoms with Crippen LogP contribution in [-0.2, 0) is 0 Å². The number of hydrogen-bond donors (Lipinski definition) is 0. The summed E-state index contributed by atoms with van der Waals surface area (Å²) in [6.07, 6.45) is 4.71. The van der Waals surface area contributed by atoms with Crippen LogP contribution in [0.15, 0.2) is 48.8 Å². The largest absolute Gasteiger partial charge is 0.496 e. The van der Waals surface area contributed by atoms with Crippen LogP contribution < -0.4 is 19.1 Å². The number of methoxy groups -OCH3 is 3. The summed E-state index contributed by atoms with van der Waals surface area (Å²) in [5.74, 6) is 3.18. The van der Waals surface area contributed by atoms with Gasteiger partial charge in [-0.3, -0.25) is 0 Å². The molecular weight excluding hydrogens is 354 g/mol. The zero-order valence-corrected chi connectivity index (χ0v) is 16.3. The van der Waals surface area contributed by atoms with E-state index >= 15 is 0 Å². The Balaban J connectivity index is 1.68. The quantitative estimate of drug-likeness (QED) is 0.671. The van der Waals surface area contributed by atoms with Gasteiger partial charge in [0, 0.05) is 30.6 Å². The lowest BCUT2D eigenvalue weighted by Crippen LogP contribution is -2.29. The van der Waals surface area contributed by atoms with Crippen LogP contribution in [0.3, 0.4) is 0 Å². The maximum Gasteiger partial charge on any atom is 0.140 e. The third-order valence-corrected chi connectivity index (χ3v) is 5.07. The molecule has 0 fully saturated rings. The lowest BCUT2D eigenvalue weighted by atomic mass is 9.97. The van der Waals surface area contributed by atoms with E-state index in [1.165, 1.54) is 5.57 Å². The Bertz CT molecular complexity index is 1000. The molecule has 144 valence electrons. The van der Waals surface area contributed by atoms with Crippen LogP contribution in [0, 0.1) is 0 Å². The van der Waals surface area contributed by atoms with Crippen LogP contribution in [0.4, 0.5) is 5.82 Å². The van der Waals surface area contributed by atoms with Crippen molar-refractivity contribution in [2.24, 2.45) is 0 Å². The van der Waals surface area contributed by atoms with Gasteiger partial charge in [0.2, 0.25) is 0 Å². The zero-order valence-electron chi connectivity index (χ0n) is 16.3. The third kappa shape index (κ3) is 3.22. The van der Waals surface area contributed by atoms with E-state index in [-0.39, 0.29) is 0 Å². The van der Waals surface area contributed by atoms with E-state index in [2.05, 4.69) is 27.0 Å². The standard InChI is InChI=1S/C22H23N3O3/c1-26-16-12-19(27-2)21(20(13-16)28-3)15-8-10-25(11-9-15)22-17-6-4-5-7-18(17)23-14-24-22/h4-8,12-14H,9-11H2,1-3H3. The van der Waals surface area contributed by atoms with Crippen molar-refractivity contribution in [2.75, 3.05) is 39.3 Å². The van der Waals surface area contributed by atoms with E-state index in [0.29, 0.717) is 5.75 Å². The number of anilines is 1. The lowest BCUT2D eigenvalue weighted by Gasteiger charge is -2.29. The minimum absolute atomic E-state index is 0.711. The van der Waals surface area contributed by atoms with Gasteiger partial charge in [-0.15, -0.1) is 0 Å². The first-order valence-electron chi connectivity index (χ1n) is 9.19. The van der Waals surface area contributed by atoms with Crippen LogP contribution in [0.5, 0.6) is 17.2 Å². The highest BCUT2D eigenvalue weighted by molar-refractivity contribution is 5.90. The summed E-state index contributed by atoms with van der Waals surface area (Å²) in [6.45, 7) is 1.61. The molecule has 0 amide bonds. The molecule has 0 unspecified atom stereocenters. The van der Waals surface area contributed by atoms with Gasteiger partial charge in [0.25, 0.3) is 0 Å². The number of benzene rings is 2. The van der Waals surface area contributed by atoms with Crippen molar-refractivity contribution < 1.29 is 14.2 Å². The van der Waals surface area contributed by atoms with Gasteiger partial charge in [-0.2, -0.15) is 0 Å². The summed E-state index contributed by atoms with van der Waals surface area (Å²) < 4.78 is 16.6. The highest BCUT2D eigenvalue weighted by Crippen LogP contribution is 2.41. The average molecular weight is 377 g/mol. The van der Waals surface area contributed by atoms with E-state index < -0.39 is 0 Å². The van der Waals surface area contributed by atoms with Crippen LogP contribution in [0.25, 0.3) is 16.5 Å². The fraction of sp³-hybridized carbons (Fsp3) is 0.273. The molecule has 6 heteroatoms. The first kappa shape index (κ1) is 18.1. The summed E-state index contributed by atoms with van der Waals surface area (Å²) in [5.41, 5.74) is 3.14. The topological polar surface area (TPSA) is 56.7 Å².